The van der Waals surface area contributed by atoms with Gasteiger partial charge in [-0.25, -0.2) is 8.42 Å². The molecule has 24 heavy (non-hydrogen) atoms. The van der Waals surface area contributed by atoms with Crippen LogP contribution in [0.2, 0.25) is 0 Å². The van der Waals surface area contributed by atoms with Gasteiger partial charge < -0.3 is 10.1 Å². The maximum absolute atomic E-state index is 13.0. The monoisotopic (exact) mass is 360 g/mol. The zero-order valence-electron chi connectivity index (χ0n) is 12.8. The summed E-state index contributed by atoms with van der Waals surface area (Å²) in [6, 6.07) is 4.85. The van der Waals surface area contributed by atoms with Crippen LogP contribution in [0, 0.1) is 11.3 Å². The molecule has 2 rings (SSSR count). The van der Waals surface area contributed by atoms with Crippen molar-refractivity contribution in [3.05, 3.63) is 35.0 Å². The van der Waals surface area contributed by atoms with Gasteiger partial charge in [-0.3, -0.25) is 0 Å². The SMILES string of the molecule is CCS(=O)(=O)C(O)[C@H](C)c1cc2cc(C#N)c(C(F)(F)F)cc2[nH]1. The van der Waals surface area contributed by atoms with Gasteiger partial charge in [0.05, 0.1) is 17.2 Å². The summed E-state index contributed by atoms with van der Waals surface area (Å²) in [6.45, 7) is 2.85. The molecule has 130 valence electrons. The molecule has 0 aliphatic rings. The number of hydrogen-bond acceptors (Lipinski definition) is 4. The quantitative estimate of drug-likeness (QED) is 0.877. The van der Waals surface area contributed by atoms with Crippen LogP contribution < -0.4 is 0 Å². The Morgan fingerprint density at radius 1 is 1.33 bits per heavy atom. The normalized spacial score (nSPS) is 15.2. The van der Waals surface area contributed by atoms with Crippen LogP contribution in [0.3, 0.4) is 0 Å². The van der Waals surface area contributed by atoms with E-state index < -0.39 is 38.5 Å². The van der Waals surface area contributed by atoms with Crippen LogP contribution in [0.15, 0.2) is 18.2 Å². The number of nitrogens with zero attached hydrogens (tertiary/aromatic N) is 1. The van der Waals surface area contributed by atoms with Gasteiger partial charge in [-0.1, -0.05) is 13.8 Å². The third-order valence-electron chi connectivity index (χ3n) is 3.89. The lowest BCUT2D eigenvalue weighted by Gasteiger charge is -2.17. The van der Waals surface area contributed by atoms with Crippen molar-refractivity contribution in [3.63, 3.8) is 0 Å². The topological polar surface area (TPSA) is 93.9 Å². The summed E-state index contributed by atoms with van der Waals surface area (Å²) in [5.41, 5.74) is -2.87. The highest BCUT2D eigenvalue weighted by molar-refractivity contribution is 7.91. The molecule has 0 spiro atoms. The minimum absolute atomic E-state index is 0.115. The number of nitrogens with one attached hydrogen (secondary N) is 1. The predicted molar refractivity (Wildman–Crippen MR) is 81.9 cm³/mol. The molecule has 9 heteroatoms. The van der Waals surface area contributed by atoms with E-state index in [2.05, 4.69) is 4.98 Å². The van der Waals surface area contributed by atoms with Gasteiger partial charge in [0, 0.05) is 28.3 Å². The average molecular weight is 360 g/mol. The fourth-order valence-electron chi connectivity index (χ4n) is 2.41. The number of benzene rings is 1. The predicted octanol–water partition coefficient (Wildman–Crippen LogP) is 2.91. The van der Waals surface area contributed by atoms with Gasteiger partial charge in [0.15, 0.2) is 15.3 Å². The summed E-state index contributed by atoms with van der Waals surface area (Å²) in [6.07, 6.45) is -4.68. The van der Waals surface area contributed by atoms with Crippen molar-refractivity contribution in [2.45, 2.75) is 31.4 Å². The highest BCUT2D eigenvalue weighted by Gasteiger charge is 2.34. The van der Waals surface area contributed by atoms with Gasteiger partial charge in [-0.05, 0) is 18.2 Å². The summed E-state index contributed by atoms with van der Waals surface area (Å²) < 4.78 is 62.4. The summed E-state index contributed by atoms with van der Waals surface area (Å²) in [5.74, 6) is -1.11. The molecule has 5 nitrogen and oxygen atoms in total. The van der Waals surface area contributed by atoms with E-state index in [0.717, 1.165) is 12.1 Å². The average Bonchev–Trinajstić information content (AvgIpc) is 2.94. The van der Waals surface area contributed by atoms with Crippen LogP contribution >= 0.6 is 0 Å². The van der Waals surface area contributed by atoms with Gasteiger partial charge in [-0.15, -0.1) is 0 Å². The van der Waals surface area contributed by atoms with Crippen LogP contribution in [-0.4, -0.2) is 29.7 Å². The molecule has 0 amide bonds. The number of sulfone groups is 1. The van der Waals surface area contributed by atoms with E-state index in [1.807, 2.05) is 0 Å². The lowest BCUT2D eigenvalue weighted by atomic mass is 10.0. The molecule has 2 N–H and O–H groups in total. The Kier molecular flexibility index (Phi) is 4.65. The van der Waals surface area contributed by atoms with Crippen LogP contribution in [0.4, 0.5) is 13.2 Å². The van der Waals surface area contributed by atoms with Gasteiger partial charge >= 0.3 is 6.18 Å². The molecular weight excluding hydrogens is 345 g/mol. The molecule has 1 aromatic heterocycles. The van der Waals surface area contributed by atoms with E-state index in [4.69, 9.17) is 5.26 Å². The van der Waals surface area contributed by atoms with Crippen LogP contribution in [0.5, 0.6) is 0 Å². The molecule has 0 saturated carbocycles. The fraction of sp³-hybridized carbons (Fsp3) is 0.400. The zero-order chi connectivity index (χ0) is 18.3. The Labute approximate surface area is 136 Å². The summed E-state index contributed by atoms with van der Waals surface area (Å²) in [7, 11) is -3.72. The number of aromatic nitrogens is 1. The van der Waals surface area contributed by atoms with E-state index in [-0.39, 0.29) is 17.0 Å². The fourth-order valence-corrected chi connectivity index (χ4v) is 3.52. The highest BCUT2D eigenvalue weighted by Crippen LogP contribution is 2.35. The number of hydrogen-bond donors (Lipinski definition) is 2. The molecule has 0 bridgehead atoms. The zero-order valence-corrected chi connectivity index (χ0v) is 13.7. The van der Waals surface area contributed by atoms with Crippen molar-refractivity contribution < 1.29 is 26.7 Å². The summed E-state index contributed by atoms with van der Waals surface area (Å²) in [4.78, 5) is 2.70. The molecule has 1 unspecified atom stereocenters. The second kappa shape index (κ2) is 6.11. The number of alkyl halides is 3. The molecule has 2 atom stereocenters. The molecule has 0 aliphatic carbocycles. The Hall–Kier alpha value is -2.05. The Morgan fingerprint density at radius 2 is 1.96 bits per heavy atom. The number of aromatic amines is 1. The molecule has 1 aromatic carbocycles. The van der Waals surface area contributed by atoms with Gasteiger partial charge in [-0.2, -0.15) is 18.4 Å². The van der Waals surface area contributed by atoms with E-state index in [1.54, 1.807) is 0 Å². The van der Waals surface area contributed by atoms with Crippen molar-refractivity contribution in [3.8, 4) is 6.07 Å². The number of aliphatic hydroxyl groups excluding tert-OH is 1. The number of fused-ring (bicyclic) bond motifs is 1. The maximum Gasteiger partial charge on any atom is 0.417 e. The largest absolute Gasteiger partial charge is 0.417 e. The van der Waals surface area contributed by atoms with Crippen molar-refractivity contribution >= 4 is 20.7 Å². The van der Waals surface area contributed by atoms with Crippen molar-refractivity contribution in [2.75, 3.05) is 5.75 Å². The first-order valence-electron chi connectivity index (χ1n) is 7.04. The number of rotatable bonds is 4. The van der Waals surface area contributed by atoms with Gasteiger partial charge in [0.2, 0.25) is 0 Å². The third kappa shape index (κ3) is 3.25. The van der Waals surface area contributed by atoms with Crippen LogP contribution in [0.25, 0.3) is 10.9 Å². The maximum atomic E-state index is 13.0. The van der Waals surface area contributed by atoms with Crippen molar-refractivity contribution in [1.82, 2.24) is 4.98 Å². The lowest BCUT2D eigenvalue weighted by Crippen LogP contribution is -2.28. The van der Waals surface area contributed by atoms with Crippen molar-refractivity contribution in [1.29, 1.82) is 5.26 Å². The molecule has 0 saturated heterocycles. The summed E-state index contributed by atoms with van der Waals surface area (Å²) in [5, 5.41) is 19.2. The Bertz CT molecular complexity index is 910. The van der Waals surface area contributed by atoms with E-state index in [9.17, 15) is 26.7 Å². The molecule has 0 aliphatic heterocycles. The van der Waals surface area contributed by atoms with E-state index in [0.29, 0.717) is 5.39 Å². The number of halogens is 3. The number of nitriles is 1. The first-order chi connectivity index (χ1) is 11.0. The molecule has 0 fully saturated rings. The molecule has 2 aromatic rings. The minimum atomic E-state index is -4.68. The first-order valence-corrected chi connectivity index (χ1v) is 8.76. The van der Waals surface area contributed by atoms with Crippen molar-refractivity contribution in [2.24, 2.45) is 0 Å². The third-order valence-corrected chi connectivity index (χ3v) is 5.84. The van der Waals surface area contributed by atoms with Crippen LogP contribution in [-0.2, 0) is 16.0 Å². The highest BCUT2D eigenvalue weighted by atomic mass is 32.2. The molecular formula is C15H15F3N2O3S. The number of aliphatic hydroxyl groups is 1. The smallest absolute Gasteiger partial charge is 0.376 e. The molecule has 0 radical (unpaired) electrons. The summed E-state index contributed by atoms with van der Waals surface area (Å²) >= 11 is 0. The van der Waals surface area contributed by atoms with Gasteiger partial charge in [0.25, 0.3) is 0 Å². The number of H-pyrrole nitrogens is 1. The first kappa shape index (κ1) is 18.3. The molecule has 1 heterocycles. The minimum Gasteiger partial charge on any atom is -0.376 e. The Balaban J connectivity index is 2.55. The van der Waals surface area contributed by atoms with Crippen LogP contribution in [0.1, 0.15) is 36.6 Å². The van der Waals surface area contributed by atoms with Gasteiger partial charge in [0.1, 0.15) is 0 Å². The van der Waals surface area contributed by atoms with E-state index >= 15 is 0 Å². The van der Waals surface area contributed by atoms with E-state index in [1.165, 1.54) is 26.0 Å². The second-order valence-corrected chi connectivity index (χ2v) is 7.84. The Morgan fingerprint density at radius 3 is 2.46 bits per heavy atom. The lowest BCUT2D eigenvalue weighted by molar-refractivity contribution is -0.137. The standard InChI is InChI=1S/C15H15F3N2O3S/c1-3-24(22,23)14(21)8(2)12-5-9-4-10(7-19)11(15(16,17)18)6-13(9)20-12/h4-6,8,14,20-21H,3H2,1-2H3/t8-,14?/m1/s1. The second-order valence-electron chi connectivity index (χ2n) is 5.45.